The van der Waals surface area contributed by atoms with E-state index in [-0.39, 0.29) is 11.8 Å². The van der Waals surface area contributed by atoms with Crippen molar-refractivity contribution in [2.45, 2.75) is 13.3 Å². The van der Waals surface area contributed by atoms with E-state index in [1.54, 1.807) is 24.0 Å². The van der Waals surface area contributed by atoms with Crippen molar-refractivity contribution < 1.29 is 9.59 Å². The largest absolute Gasteiger partial charge is 0.339 e. The van der Waals surface area contributed by atoms with Gasteiger partial charge in [0.1, 0.15) is 4.88 Å². The third-order valence-electron chi connectivity index (χ3n) is 4.99. The van der Waals surface area contributed by atoms with Crippen molar-refractivity contribution in [2.24, 2.45) is 0 Å². The van der Waals surface area contributed by atoms with E-state index in [1.165, 1.54) is 11.3 Å². The third kappa shape index (κ3) is 4.62. The van der Waals surface area contributed by atoms with E-state index in [0.29, 0.717) is 36.0 Å². The fraction of sp³-hybridized carbons (Fsp3) is 0.286. The monoisotopic (exact) mass is 422 g/mol. The van der Waals surface area contributed by atoms with Gasteiger partial charge in [0.2, 0.25) is 11.9 Å². The first-order valence-corrected chi connectivity index (χ1v) is 10.6. The molecule has 0 spiro atoms. The molecule has 154 valence electrons. The van der Waals surface area contributed by atoms with Crippen LogP contribution in [-0.2, 0) is 11.2 Å². The van der Waals surface area contributed by atoms with Gasteiger partial charge in [-0.3, -0.25) is 9.59 Å². The lowest BCUT2D eigenvalue weighted by Crippen LogP contribution is -2.49. The van der Waals surface area contributed by atoms with Gasteiger partial charge >= 0.3 is 0 Å². The van der Waals surface area contributed by atoms with E-state index in [4.69, 9.17) is 0 Å². The number of nitrogens with zero attached hydrogens (tertiary/aromatic N) is 5. The van der Waals surface area contributed by atoms with E-state index in [1.807, 2.05) is 36.1 Å². The number of hydrogen-bond acceptors (Lipinski definition) is 7. The van der Waals surface area contributed by atoms with Crippen molar-refractivity contribution in [1.82, 2.24) is 19.9 Å². The molecule has 1 saturated heterocycles. The first kappa shape index (κ1) is 20.0. The Morgan fingerprint density at radius 2 is 1.73 bits per heavy atom. The summed E-state index contributed by atoms with van der Waals surface area (Å²) in [4.78, 5) is 42.2. The molecule has 3 heterocycles. The smallest absolute Gasteiger partial charge is 0.267 e. The molecule has 0 radical (unpaired) electrons. The van der Waals surface area contributed by atoms with Crippen LogP contribution in [0.4, 0.5) is 11.6 Å². The van der Waals surface area contributed by atoms with Crippen molar-refractivity contribution in [3.63, 3.8) is 0 Å². The predicted molar refractivity (Wildman–Crippen MR) is 116 cm³/mol. The number of thiazole rings is 1. The van der Waals surface area contributed by atoms with Gasteiger partial charge in [-0.25, -0.2) is 15.0 Å². The molecular formula is C21H22N6O2S. The van der Waals surface area contributed by atoms with Crippen molar-refractivity contribution >= 4 is 34.8 Å². The van der Waals surface area contributed by atoms with Gasteiger partial charge in [-0.1, -0.05) is 12.1 Å². The Balaban J connectivity index is 1.29. The van der Waals surface area contributed by atoms with Crippen LogP contribution in [0.25, 0.3) is 0 Å². The molecule has 1 aliphatic rings. The number of benzene rings is 1. The highest BCUT2D eigenvalue weighted by Crippen LogP contribution is 2.17. The number of aryl methyl sites for hydroxylation is 1. The summed E-state index contributed by atoms with van der Waals surface area (Å²) in [7, 11) is 0. The Morgan fingerprint density at radius 1 is 1.03 bits per heavy atom. The van der Waals surface area contributed by atoms with Crippen LogP contribution >= 0.6 is 11.3 Å². The van der Waals surface area contributed by atoms with Crippen molar-refractivity contribution in [3.05, 3.63) is 64.4 Å². The summed E-state index contributed by atoms with van der Waals surface area (Å²) in [6, 6.07) is 9.19. The maximum Gasteiger partial charge on any atom is 0.267 e. The number of carbonyl (C=O) groups is 2. The van der Waals surface area contributed by atoms with Crippen LogP contribution in [0.1, 0.15) is 20.9 Å². The van der Waals surface area contributed by atoms with Gasteiger partial charge in [-0.15, -0.1) is 11.3 Å². The zero-order valence-corrected chi connectivity index (χ0v) is 17.4. The van der Waals surface area contributed by atoms with Gasteiger partial charge < -0.3 is 15.1 Å². The van der Waals surface area contributed by atoms with Crippen LogP contribution in [0.2, 0.25) is 0 Å². The van der Waals surface area contributed by atoms with Gasteiger partial charge in [-0.05, 0) is 30.7 Å². The molecule has 4 rings (SSSR count). The van der Waals surface area contributed by atoms with Crippen LogP contribution in [0, 0.1) is 6.92 Å². The van der Waals surface area contributed by atoms with Crippen LogP contribution in [0.5, 0.6) is 0 Å². The minimum atomic E-state index is -0.168. The number of aromatic nitrogens is 3. The number of rotatable bonds is 5. The SMILES string of the molecule is Cc1ncsc1C(=O)Nc1ccc(CC(=O)N2CCN(c3ncccn3)CC2)cc1. The summed E-state index contributed by atoms with van der Waals surface area (Å²) >= 11 is 1.32. The second kappa shape index (κ2) is 9.00. The second-order valence-electron chi connectivity index (χ2n) is 7.01. The topological polar surface area (TPSA) is 91.3 Å². The number of hydrogen-bond donors (Lipinski definition) is 1. The normalized spacial score (nSPS) is 13.9. The van der Waals surface area contributed by atoms with E-state index >= 15 is 0 Å². The highest BCUT2D eigenvalue weighted by atomic mass is 32.1. The molecule has 1 aliphatic heterocycles. The number of nitrogens with one attached hydrogen (secondary N) is 1. The maximum absolute atomic E-state index is 12.7. The minimum absolute atomic E-state index is 0.0979. The maximum atomic E-state index is 12.7. The van der Waals surface area contributed by atoms with Gasteiger partial charge in [0.25, 0.3) is 5.91 Å². The predicted octanol–water partition coefficient (Wildman–Crippen LogP) is 2.39. The number of piperazine rings is 1. The van der Waals surface area contributed by atoms with Crippen molar-refractivity contribution in [1.29, 1.82) is 0 Å². The molecule has 30 heavy (non-hydrogen) atoms. The average Bonchev–Trinajstić information content (AvgIpc) is 3.22. The fourth-order valence-electron chi connectivity index (χ4n) is 3.31. The Kier molecular flexibility index (Phi) is 5.99. The molecule has 0 aliphatic carbocycles. The molecule has 3 aromatic rings. The molecule has 0 saturated carbocycles. The Labute approximate surface area is 178 Å². The zero-order valence-electron chi connectivity index (χ0n) is 16.6. The first-order valence-electron chi connectivity index (χ1n) is 9.70. The molecule has 0 unspecified atom stereocenters. The van der Waals surface area contributed by atoms with Crippen LogP contribution in [0.3, 0.4) is 0 Å². The van der Waals surface area contributed by atoms with Gasteiger partial charge in [0.05, 0.1) is 17.6 Å². The van der Waals surface area contributed by atoms with Crippen molar-refractivity contribution in [2.75, 3.05) is 36.4 Å². The zero-order chi connectivity index (χ0) is 20.9. The summed E-state index contributed by atoms with van der Waals surface area (Å²) in [5.41, 5.74) is 3.99. The third-order valence-corrected chi connectivity index (χ3v) is 5.91. The number of carbonyl (C=O) groups excluding carboxylic acids is 2. The van der Waals surface area contributed by atoms with E-state index in [9.17, 15) is 9.59 Å². The standard InChI is InChI=1S/C21H22N6O2S/c1-15-19(30-14-24-15)20(29)25-17-5-3-16(4-6-17)13-18(28)26-9-11-27(12-10-26)21-22-7-2-8-23-21/h2-8,14H,9-13H2,1H3,(H,25,29). The summed E-state index contributed by atoms with van der Waals surface area (Å²) in [5, 5.41) is 2.87. The average molecular weight is 423 g/mol. The van der Waals surface area contributed by atoms with Gasteiger partial charge in [0.15, 0.2) is 0 Å². The van der Waals surface area contributed by atoms with E-state index < -0.39 is 0 Å². The molecule has 9 heteroatoms. The Bertz CT molecular complexity index is 1010. The summed E-state index contributed by atoms with van der Waals surface area (Å²) < 4.78 is 0. The highest BCUT2D eigenvalue weighted by Gasteiger charge is 2.22. The first-order chi connectivity index (χ1) is 14.6. The summed E-state index contributed by atoms with van der Waals surface area (Å²) in [5.74, 6) is 0.635. The lowest BCUT2D eigenvalue weighted by molar-refractivity contribution is -0.130. The number of amides is 2. The van der Waals surface area contributed by atoms with Crippen LogP contribution in [-0.4, -0.2) is 57.8 Å². The Hall–Kier alpha value is -3.33. The molecule has 0 atom stereocenters. The molecule has 8 nitrogen and oxygen atoms in total. The molecule has 2 aromatic heterocycles. The van der Waals surface area contributed by atoms with Gasteiger partial charge in [0, 0.05) is 44.3 Å². The highest BCUT2D eigenvalue weighted by molar-refractivity contribution is 7.12. The van der Waals surface area contributed by atoms with Gasteiger partial charge in [-0.2, -0.15) is 0 Å². The molecule has 1 fully saturated rings. The second-order valence-corrected chi connectivity index (χ2v) is 7.87. The minimum Gasteiger partial charge on any atom is -0.339 e. The lowest BCUT2D eigenvalue weighted by Gasteiger charge is -2.34. The molecule has 2 amide bonds. The van der Waals surface area contributed by atoms with Crippen molar-refractivity contribution in [3.8, 4) is 0 Å². The number of anilines is 2. The summed E-state index contributed by atoms with van der Waals surface area (Å²) in [6.45, 7) is 4.56. The van der Waals surface area contributed by atoms with Crippen LogP contribution < -0.4 is 10.2 Å². The lowest BCUT2D eigenvalue weighted by atomic mass is 10.1. The molecule has 1 N–H and O–H groups in total. The van der Waals surface area contributed by atoms with Crippen LogP contribution in [0.15, 0.2) is 48.2 Å². The summed E-state index contributed by atoms with van der Waals surface area (Å²) in [6.07, 6.45) is 3.79. The molecule has 1 aromatic carbocycles. The van der Waals surface area contributed by atoms with E-state index in [0.717, 1.165) is 24.3 Å². The quantitative estimate of drug-likeness (QED) is 0.679. The molecule has 0 bridgehead atoms. The Morgan fingerprint density at radius 3 is 2.37 bits per heavy atom. The molecular weight excluding hydrogens is 400 g/mol. The van der Waals surface area contributed by atoms with E-state index in [2.05, 4.69) is 25.2 Å². The fourth-order valence-corrected chi connectivity index (χ4v) is 4.01.